The molecule has 0 bridgehead atoms. The Morgan fingerprint density at radius 3 is 2.65 bits per heavy atom. The normalized spacial score (nSPS) is 15.3. The maximum atomic E-state index is 14.3. The molecule has 0 atom stereocenters. The summed E-state index contributed by atoms with van der Waals surface area (Å²) in [4.78, 5) is 34.0. The van der Waals surface area contributed by atoms with Gasteiger partial charge in [-0.2, -0.15) is 0 Å². The van der Waals surface area contributed by atoms with Crippen LogP contribution in [0.25, 0.3) is 0 Å². The van der Waals surface area contributed by atoms with Crippen LogP contribution < -0.4 is 10.2 Å². The molecule has 0 saturated carbocycles. The van der Waals surface area contributed by atoms with Crippen LogP contribution in [0, 0.1) is 11.7 Å². The van der Waals surface area contributed by atoms with Crippen molar-refractivity contribution in [2.45, 2.75) is 32.1 Å². The standard InChI is InChI=1S/C17H21FN2O3/c18-15-10-13(2-1-3-17(23)19-12-22)4-5-16(15)20-8-6-14(11-21)7-9-20/h4-5,10-12,14H,1-3,6-9H2,(H,19,22,23). The fraction of sp³-hybridized carbons (Fsp3) is 0.471. The van der Waals surface area contributed by atoms with Crippen molar-refractivity contribution in [2.75, 3.05) is 18.0 Å². The van der Waals surface area contributed by atoms with Crippen LogP contribution in [0.5, 0.6) is 0 Å². The van der Waals surface area contributed by atoms with Crippen LogP contribution in [0.1, 0.15) is 31.2 Å². The van der Waals surface area contributed by atoms with E-state index in [4.69, 9.17) is 0 Å². The van der Waals surface area contributed by atoms with Gasteiger partial charge in [0.1, 0.15) is 12.1 Å². The van der Waals surface area contributed by atoms with Crippen LogP contribution >= 0.6 is 0 Å². The van der Waals surface area contributed by atoms with Gasteiger partial charge in [-0.15, -0.1) is 0 Å². The lowest BCUT2D eigenvalue weighted by atomic mass is 9.98. The van der Waals surface area contributed by atoms with Crippen molar-refractivity contribution in [1.82, 2.24) is 5.32 Å². The van der Waals surface area contributed by atoms with Crippen molar-refractivity contribution in [3.05, 3.63) is 29.6 Å². The molecule has 0 aliphatic carbocycles. The molecule has 1 N–H and O–H groups in total. The molecule has 0 radical (unpaired) electrons. The molecular formula is C17H21FN2O3. The second kappa shape index (κ2) is 8.41. The van der Waals surface area contributed by atoms with Gasteiger partial charge in [0.2, 0.25) is 12.3 Å². The molecule has 1 aliphatic heterocycles. The van der Waals surface area contributed by atoms with Crippen molar-refractivity contribution < 1.29 is 18.8 Å². The first-order valence-electron chi connectivity index (χ1n) is 7.85. The summed E-state index contributed by atoms with van der Waals surface area (Å²) in [6.07, 6.45) is 4.25. The van der Waals surface area contributed by atoms with Gasteiger partial charge >= 0.3 is 0 Å². The lowest BCUT2D eigenvalue weighted by Gasteiger charge is -2.31. The highest BCUT2D eigenvalue weighted by molar-refractivity contribution is 5.85. The molecule has 2 rings (SSSR count). The summed E-state index contributed by atoms with van der Waals surface area (Å²) in [6, 6.07) is 5.12. The minimum atomic E-state index is -0.324. The first kappa shape index (κ1) is 17.1. The predicted molar refractivity (Wildman–Crippen MR) is 84.5 cm³/mol. The number of hydrogen-bond acceptors (Lipinski definition) is 4. The summed E-state index contributed by atoms with van der Waals surface area (Å²) >= 11 is 0. The molecule has 1 aliphatic rings. The van der Waals surface area contributed by atoms with Gasteiger partial charge in [-0.1, -0.05) is 6.07 Å². The summed E-state index contributed by atoms with van der Waals surface area (Å²) < 4.78 is 14.3. The molecule has 5 nitrogen and oxygen atoms in total. The average molecular weight is 320 g/mol. The van der Waals surface area contributed by atoms with E-state index in [1.165, 1.54) is 6.07 Å². The molecule has 0 unspecified atom stereocenters. The molecule has 1 aromatic carbocycles. The summed E-state index contributed by atoms with van der Waals surface area (Å²) in [6.45, 7) is 1.37. The van der Waals surface area contributed by atoms with Crippen LogP contribution in [-0.4, -0.2) is 31.7 Å². The van der Waals surface area contributed by atoms with Crippen LogP contribution in [0.2, 0.25) is 0 Å². The van der Waals surface area contributed by atoms with Gasteiger partial charge < -0.3 is 9.69 Å². The summed E-state index contributed by atoms with van der Waals surface area (Å²) in [7, 11) is 0. The second-order valence-electron chi connectivity index (χ2n) is 5.79. The fourth-order valence-corrected chi connectivity index (χ4v) is 2.83. The third-order valence-electron chi connectivity index (χ3n) is 4.17. The molecule has 124 valence electrons. The lowest BCUT2D eigenvalue weighted by Crippen LogP contribution is -2.34. The zero-order chi connectivity index (χ0) is 16.7. The van der Waals surface area contributed by atoms with Gasteiger partial charge in [0.15, 0.2) is 0 Å². The van der Waals surface area contributed by atoms with Crippen molar-refractivity contribution >= 4 is 24.3 Å². The van der Waals surface area contributed by atoms with E-state index in [2.05, 4.69) is 5.32 Å². The maximum Gasteiger partial charge on any atom is 0.226 e. The van der Waals surface area contributed by atoms with E-state index in [-0.39, 0.29) is 24.1 Å². The minimum Gasteiger partial charge on any atom is -0.369 e. The number of hydrogen-bond donors (Lipinski definition) is 1. The van der Waals surface area contributed by atoms with E-state index < -0.39 is 0 Å². The van der Waals surface area contributed by atoms with Crippen LogP contribution in [0.3, 0.4) is 0 Å². The van der Waals surface area contributed by atoms with Gasteiger partial charge in [0.25, 0.3) is 0 Å². The molecule has 1 saturated heterocycles. The number of benzene rings is 1. The number of carbonyl (C=O) groups excluding carboxylic acids is 3. The first-order chi connectivity index (χ1) is 11.1. The first-order valence-corrected chi connectivity index (χ1v) is 7.85. The minimum absolute atomic E-state index is 0.0890. The van der Waals surface area contributed by atoms with E-state index in [1.54, 1.807) is 6.07 Å². The number of amides is 2. The van der Waals surface area contributed by atoms with E-state index in [0.717, 1.165) is 24.7 Å². The largest absolute Gasteiger partial charge is 0.369 e. The van der Waals surface area contributed by atoms with Gasteiger partial charge in [-0.25, -0.2) is 4.39 Å². The van der Waals surface area contributed by atoms with Crippen LogP contribution in [-0.2, 0) is 20.8 Å². The van der Waals surface area contributed by atoms with E-state index in [1.807, 2.05) is 11.0 Å². The van der Waals surface area contributed by atoms with Crippen molar-refractivity contribution in [2.24, 2.45) is 5.92 Å². The Kier molecular flexibility index (Phi) is 6.26. The van der Waals surface area contributed by atoms with Crippen LogP contribution in [0.4, 0.5) is 10.1 Å². The topological polar surface area (TPSA) is 66.5 Å². The third kappa shape index (κ3) is 4.87. The summed E-state index contributed by atoms with van der Waals surface area (Å²) in [5, 5.41) is 2.08. The van der Waals surface area contributed by atoms with Crippen molar-refractivity contribution in [3.63, 3.8) is 0 Å². The van der Waals surface area contributed by atoms with Crippen molar-refractivity contribution in [1.29, 1.82) is 0 Å². The Morgan fingerprint density at radius 2 is 2.04 bits per heavy atom. The third-order valence-corrected chi connectivity index (χ3v) is 4.17. The number of piperidine rings is 1. The molecular weight excluding hydrogens is 299 g/mol. The smallest absolute Gasteiger partial charge is 0.226 e. The summed E-state index contributed by atoms with van der Waals surface area (Å²) in [5.74, 6) is -0.509. The molecule has 1 aromatic rings. The molecule has 0 spiro atoms. The molecule has 1 heterocycles. The number of aldehydes is 1. The number of aryl methyl sites for hydroxylation is 1. The lowest BCUT2D eigenvalue weighted by molar-refractivity contribution is -0.125. The quantitative estimate of drug-likeness (QED) is 0.779. The summed E-state index contributed by atoms with van der Waals surface area (Å²) in [5.41, 5.74) is 1.39. The fourth-order valence-electron chi connectivity index (χ4n) is 2.83. The monoisotopic (exact) mass is 320 g/mol. The van der Waals surface area contributed by atoms with Gasteiger partial charge in [0.05, 0.1) is 5.69 Å². The highest BCUT2D eigenvalue weighted by Crippen LogP contribution is 2.26. The molecule has 0 aromatic heterocycles. The predicted octanol–water partition coefficient (Wildman–Crippen LogP) is 1.84. The Hall–Kier alpha value is -2.24. The average Bonchev–Trinajstić information content (AvgIpc) is 2.55. The number of rotatable bonds is 7. The van der Waals surface area contributed by atoms with Gasteiger partial charge in [-0.05, 0) is 43.4 Å². The molecule has 2 amide bonds. The Morgan fingerprint density at radius 1 is 1.30 bits per heavy atom. The number of nitrogens with zero attached hydrogens (tertiary/aromatic N) is 1. The van der Waals surface area contributed by atoms with E-state index in [9.17, 15) is 18.8 Å². The highest BCUT2D eigenvalue weighted by atomic mass is 19.1. The Bertz CT molecular complexity index is 569. The SMILES string of the molecule is O=CNC(=O)CCCc1ccc(N2CCC(C=O)CC2)c(F)c1. The molecule has 1 fully saturated rings. The second-order valence-corrected chi connectivity index (χ2v) is 5.79. The Balaban J connectivity index is 1.89. The Labute approximate surface area is 134 Å². The maximum absolute atomic E-state index is 14.3. The number of anilines is 1. The van der Waals surface area contributed by atoms with Crippen LogP contribution in [0.15, 0.2) is 18.2 Å². The number of carbonyl (C=O) groups is 3. The van der Waals surface area contributed by atoms with Crippen molar-refractivity contribution in [3.8, 4) is 0 Å². The van der Waals surface area contributed by atoms with Gasteiger partial charge in [0, 0.05) is 25.4 Å². The molecule has 23 heavy (non-hydrogen) atoms. The highest BCUT2D eigenvalue weighted by Gasteiger charge is 2.20. The number of nitrogens with one attached hydrogen (secondary N) is 1. The van der Waals surface area contributed by atoms with E-state index >= 15 is 0 Å². The zero-order valence-corrected chi connectivity index (χ0v) is 13.0. The number of halogens is 1. The zero-order valence-electron chi connectivity index (χ0n) is 13.0. The van der Waals surface area contributed by atoms with Gasteiger partial charge in [-0.3, -0.25) is 14.9 Å². The van der Waals surface area contributed by atoms with E-state index in [0.29, 0.717) is 38.0 Å². The molecule has 6 heteroatoms. The number of imide groups is 1.